The molecule has 4 nitrogen and oxygen atoms in total. The van der Waals surface area contributed by atoms with Crippen molar-refractivity contribution in [1.82, 2.24) is 10.6 Å². The maximum absolute atomic E-state index is 11.7. The van der Waals surface area contributed by atoms with Gasteiger partial charge in [0.1, 0.15) is 0 Å². The molecule has 1 aliphatic rings. The van der Waals surface area contributed by atoms with Gasteiger partial charge in [0.25, 0.3) is 5.91 Å². The van der Waals surface area contributed by atoms with Gasteiger partial charge in [0.05, 0.1) is 0 Å². The summed E-state index contributed by atoms with van der Waals surface area (Å²) in [5, 5.41) is 5.56. The lowest BCUT2D eigenvalue weighted by atomic mass is 10.2. The number of carbonyl (C=O) groups is 2. The summed E-state index contributed by atoms with van der Waals surface area (Å²) in [5.74, 6) is 0.197. The molecular formula is C13H15BrN2O2. The molecule has 0 heterocycles. The number of halogens is 1. The first-order valence-corrected chi connectivity index (χ1v) is 6.77. The average Bonchev–Trinajstić information content (AvgIpc) is 3.19. The molecule has 0 unspecified atom stereocenters. The Balaban J connectivity index is 1.68. The van der Waals surface area contributed by atoms with Crippen molar-refractivity contribution in [3.05, 3.63) is 34.3 Å². The summed E-state index contributed by atoms with van der Waals surface area (Å²) >= 11 is 3.31. The summed E-state index contributed by atoms with van der Waals surface area (Å²) in [6.45, 7) is 0.935. The van der Waals surface area contributed by atoms with Gasteiger partial charge in [-0.05, 0) is 37.1 Å². The van der Waals surface area contributed by atoms with Crippen LogP contribution in [0.25, 0.3) is 0 Å². The molecule has 1 aromatic rings. The van der Waals surface area contributed by atoms with Crippen LogP contribution in [0.4, 0.5) is 0 Å². The molecule has 18 heavy (non-hydrogen) atoms. The zero-order valence-electron chi connectivity index (χ0n) is 9.91. The second-order valence-electron chi connectivity index (χ2n) is 4.33. The van der Waals surface area contributed by atoms with Gasteiger partial charge in [-0.2, -0.15) is 0 Å². The van der Waals surface area contributed by atoms with Gasteiger partial charge in [-0.25, -0.2) is 0 Å². The van der Waals surface area contributed by atoms with Crippen LogP contribution in [0.15, 0.2) is 28.7 Å². The fourth-order valence-corrected chi connectivity index (χ4v) is 1.82. The third kappa shape index (κ3) is 3.84. The molecule has 96 valence electrons. The first kappa shape index (κ1) is 13.1. The van der Waals surface area contributed by atoms with Crippen molar-refractivity contribution in [1.29, 1.82) is 0 Å². The Morgan fingerprint density at radius 1 is 1.11 bits per heavy atom. The number of hydrogen-bond donors (Lipinski definition) is 2. The molecule has 0 aromatic heterocycles. The summed E-state index contributed by atoms with van der Waals surface area (Å²) in [5.41, 5.74) is 0.617. The summed E-state index contributed by atoms with van der Waals surface area (Å²) in [7, 11) is 0. The van der Waals surface area contributed by atoms with E-state index >= 15 is 0 Å². The molecule has 2 rings (SSSR count). The van der Waals surface area contributed by atoms with Crippen molar-refractivity contribution in [2.75, 3.05) is 13.1 Å². The van der Waals surface area contributed by atoms with Crippen LogP contribution in [-0.4, -0.2) is 24.9 Å². The largest absolute Gasteiger partial charge is 0.354 e. The molecule has 0 saturated heterocycles. The van der Waals surface area contributed by atoms with Gasteiger partial charge in [0.2, 0.25) is 5.91 Å². The van der Waals surface area contributed by atoms with Crippen LogP contribution < -0.4 is 10.6 Å². The Morgan fingerprint density at radius 2 is 1.72 bits per heavy atom. The minimum Gasteiger partial charge on any atom is -0.354 e. The predicted molar refractivity (Wildman–Crippen MR) is 72.2 cm³/mol. The first-order valence-electron chi connectivity index (χ1n) is 5.98. The van der Waals surface area contributed by atoms with E-state index in [9.17, 15) is 9.59 Å². The first-order chi connectivity index (χ1) is 8.66. The van der Waals surface area contributed by atoms with Gasteiger partial charge >= 0.3 is 0 Å². The minimum absolute atomic E-state index is 0.105. The quantitative estimate of drug-likeness (QED) is 0.813. The smallest absolute Gasteiger partial charge is 0.251 e. The van der Waals surface area contributed by atoms with Gasteiger partial charge in [-0.1, -0.05) is 15.9 Å². The van der Waals surface area contributed by atoms with Crippen LogP contribution in [0.5, 0.6) is 0 Å². The highest BCUT2D eigenvalue weighted by atomic mass is 79.9. The molecular weight excluding hydrogens is 296 g/mol. The molecule has 1 fully saturated rings. The molecule has 0 atom stereocenters. The molecule has 1 aliphatic carbocycles. The van der Waals surface area contributed by atoms with Crippen LogP contribution in [0.2, 0.25) is 0 Å². The van der Waals surface area contributed by atoms with Gasteiger partial charge in [-0.3, -0.25) is 9.59 Å². The van der Waals surface area contributed by atoms with Crippen molar-refractivity contribution >= 4 is 27.7 Å². The summed E-state index contributed by atoms with van der Waals surface area (Å²) < 4.78 is 0.941. The number of benzene rings is 1. The van der Waals surface area contributed by atoms with E-state index in [1.54, 1.807) is 12.1 Å². The average molecular weight is 311 g/mol. The fraction of sp³-hybridized carbons (Fsp3) is 0.385. The number of nitrogens with one attached hydrogen (secondary N) is 2. The maximum Gasteiger partial charge on any atom is 0.251 e. The Hall–Kier alpha value is -1.36. The lowest BCUT2D eigenvalue weighted by molar-refractivity contribution is -0.122. The normalized spacial score (nSPS) is 14.1. The lowest BCUT2D eigenvalue weighted by Gasteiger charge is -2.06. The van der Waals surface area contributed by atoms with Crippen LogP contribution in [0, 0.1) is 5.92 Å². The van der Waals surface area contributed by atoms with E-state index in [2.05, 4.69) is 26.6 Å². The standard InChI is InChI=1S/C13H15BrN2O2/c14-11-5-3-10(4-6-11)13(18)16-8-7-15-12(17)9-1-2-9/h3-6,9H,1-2,7-8H2,(H,15,17)(H,16,18). The van der Waals surface area contributed by atoms with Crippen LogP contribution in [-0.2, 0) is 4.79 Å². The molecule has 2 N–H and O–H groups in total. The molecule has 0 spiro atoms. The molecule has 2 amide bonds. The van der Waals surface area contributed by atoms with Crippen molar-refractivity contribution in [3.63, 3.8) is 0 Å². The molecule has 0 aliphatic heterocycles. The van der Waals surface area contributed by atoms with Crippen LogP contribution in [0.1, 0.15) is 23.2 Å². The van der Waals surface area contributed by atoms with Gasteiger partial charge in [0.15, 0.2) is 0 Å². The van der Waals surface area contributed by atoms with Crippen LogP contribution >= 0.6 is 15.9 Å². The van der Waals surface area contributed by atoms with E-state index in [1.807, 2.05) is 12.1 Å². The molecule has 5 heteroatoms. The van der Waals surface area contributed by atoms with E-state index < -0.39 is 0 Å². The molecule has 0 radical (unpaired) electrons. The van der Waals surface area contributed by atoms with E-state index in [0.29, 0.717) is 18.7 Å². The van der Waals surface area contributed by atoms with Crippen molar-refractivity contribution < 1.29 is 9.59 Å². The zero-order valence-corrected chi connectivity index (χ0v) is 11.5. The Kier molecular flexibility index (Phi) is 4.36. The van der Waals surface area contributed by atoms with Gasteiger partial charge in [-0.15, -0.1) is 0 Å². The van der Waals surface area contributed by atoms with Crippen LogP contribution in [0.3, 0.4) is 0 Å². The zero-order chi connectivity index (χ0) is 13.0. The molecule has 1 aromatic carbocycles. The second-order valence-corrected chi connectivity index (χ2v) is 5.24. The second kappa shape index (κ2) is 6.00. The summed E-state index contributed by atoms with van der Waals surface area (Å²) in [4.78, 5) is 23.0. The minimum atomic E-state index is -0.122. The highest BCUT2D eigenvalue weighted by Crippen LogP contribution is 2.28. The van der Waals surface area contributed by atoms with E-state index in [0.717, 1.165) is 17.3 Å². The summed E-state index contributed by atoms with van der Waals surface area (Å²) in [6, 6.07) is 7.15. The number of amides is 2. The molecule has 1 saturated carbocycles. The molecule has 0 bridgehead atoms. The monoisotopic (exact) mass is 310 g/mol. The van der Waals surface area contributed by atoms with E-state index in [1.165, 1.54) is 0 Å². The number of hydrogen-bond acceptors (Lipinski definition) is 2. The Labute approximate surface area is 114 Å². The van der Waals surface area contributed by atoms with Gasteiger partial charge in [0, 0.05) is 29.0 Å². The van der Waals surface area contributed by atoms with Crippen molar-refractivity contribution in [2.24, 2.45) is 5.92 Å². The number of carbonyl (C=O) groups excluding carboxylic acids is 2. The third-order valence-corrected chi connectivity index (χ3v) is 3.29. The summed E-state index contributed by atoms with van der Waals surface area (Å²) in [6.07, 6.45) is 1.99. The topological polar surface area (TPSA) is 58.2 Å². The third-order valence-electron chi connectivity index (χ3n) is 2.76. The maximum atomic E-state index is 11.7. The fourth-order valence-electron chi connectivity index (χ4n) is 1.55. The Morgan fingerprint density at radius 3 is 2.33 bits per heavy atom. The Bertz CT molecular complexity index is 441. The lowest BCUT2D eigenvalue weighted by Crippen LogP contribution is -2.35. The predicted octanol–water partition coefficient (Wildman–Crippen LogP) is 1.71. The van der Waals surface area contributed by atoms with E-state index in [4.69, 9.17) is 0 Å². The highest BCUT2D eigenvalue weighted by molar-refractivity contribution is 9.10. The highest BCUT2D eigenvalue weighted by Gasteiger charge is 2.28. The number of rotatable bonds is 5. The SMILES string of the molecule is O=C(NCCNC(=O)C1CC1)c1ccc(Br)cc1. The van der Waals surface area contributed by atoms with E-state index in [-0.39, 0.29) is 17.7 Å². The van der Waals surface area contributed by atoms with Crippen molar-refractivity contribution in [3.8, 4) is 0 Å². The van der Waals surface area contributed by atoms with Crippen molar-refractivity contribution in [2.45, 2.75) is 12.8 Å². The van der Waals surface area contributed by atoms with Gasteiger partial charge < -0.3 is 10.6 Å².